The zero-order chi connectivity index (χ0) is 13.7. The van der Waals surface area contributed by atoms with E-state index in [0.717, 1.165) is 10.0 Å². The predicted molar refractivity (Wildman–Crippen MR) is 75.5 cm³/mol. The van der Waals surface area contributed by atoms with Gasteiger partial charge in [-0.25, -0.2) is 0 Å². The second-order valence-corrected chi connectivity index (χ2v) is 5.04. The molecule has 4 nitrogen and oxygen atoms in total. The Labute approximate surface area is 116 Å². The first-order valence-corrected chi connectivity index (χ1v) is 6.74. The molecule has 1 aromatic carbocycles. The average Bonchev–Trinajstić information content (AvgIpc) is 2.28. The highest BCUT2D eigenvalue weighted by molar-refractivity contribution is 9.10. The summed E-state index contributed by atoms with van der Waals surface area (Å²) < 4.78 is 6.57. The van der Waals surface area contributed by atoms with Crippen molar-refractivity contribution in [3.05, 3.63) is 28.2 Å². The minimum atomic E-state index is -0.545. The number of benzene rings is 1. The molecule has 3 N–H and O–H groups in total. The van der Waals surface area contributed by atoms with E-state index in [0.29, 0.717) is 12.3 Å². The van der Waals surface area contributed by atoms with Crippen LogP contribution in [0.15, 0.2) is 22.7 Å². The number of carbonyl (C=O) groups excluding carboxylic acids is 1. The fourth-order valence-electron chi connectivity index (χ4n) is 1.55. The highest BCUT2D eigenvalue weighted by atomic mass is 79.9. The quantitative estimate of drug-likeness (QED) is 0.877. The molecule has 0 aliphatic heterocycles. The summed E-state index contributed by atoms with van der Waals surface area (Å²) in [6.45, 7) is 6.06. The van der Waals surface area contributed by atoms with Crippen LogP contribution in [-0.4, -0.2) is 18.6 Å². The van der Waals surface area contributed by atoms with Crippen LogP contribution in [0.5, 0.6) is 5.75 Å². The molecule has 0 aliphatic rings. The van der Waals surface area contributed by atoms with Crippen molar-refractivity contribution in [1.82, 2.24) is 5.32 Å². The van der Waals surface area contributed by atoms with Crippen molar-refractivity contribution >= 4 is 21.8 Å². The average molecular weight is 315 g/mol. The van der Waals surface area contributed by atoms with Crippen molar-refractivity contribution in [3.63, 3.8) is 0 Å². The second kappa shape index (κ2) is 6.75. The number of hydrogen-bond donors (Lipinski definition) is 2. The molecule has 5 heteroatoms. The summed E-state index contributed by atoms with van der Waals surface area (Å²) in [6.07, 6.45) is -0.545. The summed E-state index contributed by atoms with van der Waals surface area (Å²) >= 11 is 3.38. The first-order chi connectivity index (χ1) is 8.45. The number of nitrogens with one attached hydrogen (secondary N) is 1. The van der Waals surface area contributed by atoms with Gasteiger partial charge >= 0.3 is 0 Å². The molecule has 0 saturated carbocycles. The molecule has 100 valence electrons. The van der Waals surface area contributed by atoms with Crippen molar-refractivity contribution in [2.75, 3.05) is 6.54 Å². The Balaban J connectivity index is 2.88. The van der Waals surface area contributed by atoms with E-state index in [1.165, 1.54) is 0 Å². The maximum absolute atomic E-state index is 11.6. The van der Waals surface area contributed by atoms with E-state index in [1.54, 1.807) is 6.92 Å². The number of ether oxygens (including phenoxy) is 1. The number of rotatable bonds is 5. The largest absolute Gasteiger partial charge is 0.481 e. The van der Waals surface area contributed by atoms with Crippen LogP contribution >= 0.6 is 15.9 Å². The van der Waals surface area contributed by atoms with Crippen LogP contribution in [0.3, 0.4) is 0 Å². The van der Waals surface area contributed by atoms with Crippen LogP contribution in [0, 0.1) is 0 Å². The number of carbonyl (C=O) groups is 1. The van der Waals surface area contributed by atoms with E-state index in [-0.39, 0.29) is 11.9 Å². The Hall–Kier alpha value is -1.07. The highest BCUT2D eigenvalue weighted by Gasteiger charge is 2.17. The van der Waals surface area contributed by atoms with Crippen LogP contribution in [-0.2, 0) is 4.79 Å². The van der Waals surface area contributed by atoms with Gasteiger partial charge in [0.25, 0.3) is 5.91 Å². The van der Waals surface area contributed by atoms with E-state index < -0.39 is 6.10 Å². The van der Waals surface area contributed by atoms with Crippen molar-refractivity contribution in [2.45, 2.75) is 32.9 Å². The number of likely N-dealkylation sites (N-methyl/N-ethyl adjacent to an activating group) is 1. The fraction of sp³-hybridized carbons (Fsp3) is 0.462. The molecule has 2 atom stereocenters. The van der Waals surface area contributed by atoms with E-state index in [4.69, 9.17) is 10.5 Å². The van der Waals surface area contributed by atoms with Crippen LogP contribution in [0.25, 0.3) is 0 Å². The number of hydrogen-bond acceptors (Lipinski definition) is 3. The molecule has 0 spiro atoms. The van der Waals surface area contributed by atoms with E-state index in [2.05, 4.69) is 21.2 Å². The SMILES string of the molecule is CCNC(=O)C(C)Oc1cc(Br)ccc1C(C)N. The van der Waals surface area contributed by atoms with Crippen LogP contribution in [0.4, 0.5) is 0 Å². The van der Waals surface area contributed by atoms with Crippen LogP contribution < -0.4 is 15.8 Å². The third-order valence-corrected chi connectivity index (χ3v) is 2.98. The maximum atomic E-state index is 11.6. The predicted octanol–water partition coefficient (Wildman–Crippen LogP) is 2.37. The molecule has 1 rings (SSSR count). The summed E-state index contributed by atoms with van der Waals surface area (Å²) in [4.78, 5) is 11.6. The van der Waals surface area contributed by atoms with Crippen molar-refractivity contribution in [1.29, 1.82) is 0 Å². The Morgan fingerprint density at radius 3 is 2.72 bits per heavy atom. The van der Waals surface area contributed by atoms with Gasteiger partial charge in [0.2, 0.25) is 0 Å². The maximum Gasteiger partial charge on any atom is 0.260 e. The molecular weight excluding hydrogens is 296 g/mol. The van der Waals surface area contributed by atoms with Crippen molar-refractivity contribution in [2.24, 2.45) is 5.73 Å². The molecule has 0 aromatic heterocycles. The van der Waals surface area contributed by atoms with Crippen molar-refractivity contribution in [3.8, 4) is 5.75 Å². The molecule has 0 saturated heterocycles. The Bertz CT molecular complexity index is 421. The summed E-state index contributed by atoms with van der Waals surface area (Å²) in [5, 5.41) is 2.72. The first-order valence-electron chi connectivity index (χ1n) is 5.95. The van der Waals surface area contributed by atoms with E-state index in [1.807, 2.05) is 32.0 Å². The van der Waals surface area contributed by atoms with Gasteiger partial charge in [0, 0.05) is 22.6 Å². The van der Waals surface area contributed by atoms with Crippen molar-refractivity contribution < 1.29 is 9.53 Å². The fourth-order valence-corrected chi connectivity index (χ4v) is 1.89. The summed E-state index contributed by atoms with van der Waals surface area (Å²) in [7, 11) is 0. The third kappa shape index (κ3) is 3.99. The molecule has 0 radical (unpaired) electrons. The molecule has 0 heterocycles. The van der Waals surface area contributed by atoms with Gasteiger partial charge in [-0.05, 0) is 32.9 Å². The summed E-state index contributed by atoms with van der Waals surface area (Å²) in [6, 6.07) is 5.49. The Morgan fingerprint density at radius 2 is 2.17 bits per heavy atom. The van der Waals surface area contributed by atoms with E-state index >= 15 is 0 Å². The van der Waals surface area contributed by atoms with Gasteiger partial charge in [0.05, 0.1) is 0 Å². The zero-order valence-electron chi connectivity index (χ0n) is 10.9. The topological polar surface area (TPSA) is 64.3 Å². The van der Waals surface area contributed by atoms with Gasteiger partial charge in [-0.15, -0.1) is 0 Å². The lowest BCUT2D eigenvalue weighted by atomic mass is 10.1. The lowest BCUT2D eigenvalue weighted by Gasteiger charge is -2.18. The van der Waals surface area contributed by atoms with Crippen LogP contribution in [0.1, 0.15) is 32.4 Å². The second-order valence-electron chi connectivity index (χ2n) is 4.13. The monoisotopic (exact) mass is 314 g/mol. The van der Waals surface area contributed by atoms with Gasteiger partial charge < -0.3 is 15.8 Å². The van der Waals surface area contributed by atoms with Gasteiger partial charge in [0.1, 0.15) is 5.75 Å². The summed E-state index contributed by atoms with van der Waals surface area (Å²) in [5.74, 6) is 0.506. The summed E-state index contributed by atoms with van der Waals surface area (Å²) in [5.41, 5.74) is 6.76. The van der Waals surface area contributed by atoms with Gasteiger partial charge in [-0.1, -0.05) is 22.0 Å². The zero-order valence-corrected chi connectivity index (χ0v) is 12.5. The molecular formula is C13H19BrN2O2. The normalized spacial score (nSPS) is 13.8. The molecule has 2 unspecified atom stereocenters. The third-order valence-electron chi connectivity index (χ3n) is 2.49. The highest BCUT2D eigenvalue weighted by Crippen LogP contribution is 2.28. The van der Waals surface area contributed by atoms with E-state index in [9.17, 15) is 4.79 Å². The lowest BCUT2D eigenvalue weighted by Crippen LogP contribution is -2.36. The molecule has 18 heavy (non-hydrogen) atoms. The molecule has 1 amide bonds. The number of amides is 1. The van der Waals surface area contributed by atoms with Crippen LogP contribution in [0.2, 0.25) is 0 Å². The lowest BCUT2D eigenvalue weighted by molar-refractivity contribution is -0.127. The van der Waals surface area contributed by atoms with Gasteiger partial charge in [-0.3, -0.25) is 4.79 Å². The number of nitrogens with two attached hydrogens (primary N) is 1. The molecule has 0 aliphatic carbocycles. The Morgan fingerprint density at radius 1 is 1.50 bits per heavy atom. The minimum absolute atomic E-state index is 0.131. The molecule has 1 aromatic rings. The number of halogens is 1. The first kappa shape index (κ1) is 15.0. The smallest absolute Gasteiger partial charge is 0.260 e. The standard InChI is InChI=1S/C13H19BrN2O2/c1-4-16-13(17)9(3)18-12-7-10(14)5-6-11(12)8(2)15/h5-9H,4,15H2,1-3H3,(H,16,17). The minimum Gasteiger partial charge on any atom is -0.481 e. The van der Waals surface area contributed by atoms with Gasteiger partial charge in [0.15, 0.2) is 6.10 Å². The Kier molecular flexibility index (Phi) is 5.62. The molecule has 0 fully saturated rings. The molecule has 0 bridgehead atoms. The van der Waals surface area contributed by atoms with Gasteiger partial charge in [-0.2, -0.15) is 0 Å².